The van der Waals surface area contributed by atoms with E-state index in [4.69, 9.17) is 15.5 Å². The highest BCUT2D eigenvalue weighted by Gasteiger charge is 2.34. The van der Waals surface area contributed by atoms with Crippen LogP contribution in [0.25, 0.3) is 0 Å². The summed E-state index contributed by atoms with van der Waals surface area (Å²) in [5.74, 6) is 0.724. The molecule has 1 aromatic rings. The van der Waals surface area contributed by atoms with Crippen LogP contribution in [0.2, 0.25) is 0 Å². The maximum atomic E-state index is 6.25. The molecule has 3 rings (SSSR count). The normalized spacial score (nSPS) is 21.6. The number of hydrogen-bond acceptors (Lipinski definition) is 2. The number of ether oxygens (including phenoxy) is 1. The lowest BCUT2D eigenvalue weighted by Gasteiger charge is -2.37. The second-order valence-corrected chi connectivity index (χ2v) is 6.48. The lowest BCUT2D eigenvalue weighted by Crippen LogP contribution is -2.43. The largest absolute Gasteiger partial charge is 0.381 e. The summed E-state index contributed by atoms with van der Waals surface area (Å²) >= 11 is 0. The zero-order chi connectivity index (χ0) is 15.3. The molecule has 2 aliphatic heterocycles. The first kappa shape index (κ1) is 18.5. The Hall–Kier alpha value is -0.820. The Kier molecular flexibility index (Phi) is 7.14. The van der Waals surface area contributed by atoms with Crippen molar-refractivity contribution in [2.75, 3.05) is 32.8 Å². The first-order valence-electron chi connectivity index (χ1n) is 8.48. The Balaban J connectivity index is 0.00000192. The molecular weight excluding hydrogens is 401 g/mol. The van der Waals surface area contributed by atoms with Crippen LogP contribution in [0.5, 0.6) is 0 Å². The third-order valence-corrected chi connectivity index (χ3v) is 5.06. The van der Waals surface area contributed by atoms with E-state index in [1.165, 1.54) is 24.8 Å². The third-order valence-electron chi connectivity index (χ3n) is 5.06. The van der Waals surface area contributed by atoms with Crippen LogP contribution in [-0.4, -0.2) is 43.7 Å². The highest BCUT2D eigenvalue weighted by molar-refractivity contribution is 14.0. The fourth-order valence-corrected chi connectivity index (χ4v) is 3.55. The maximum absolute atomic E-state index is 6.25. The summed E-state index contributed by atoms with van der Waals surface area (Å²) in [4.78, 5) is 7.02. The van der Waals surface area contributed by atoms with E-state index in [-0.39, 0.29) is 29.4 Å². The molecule has 0 aliphatic carbocycles. The van der Waals surface area contributed by atoms with Crippen molar-refractivity contribution in [3.05, 3.63) is 35.9 Å². The van der Waals surface area contributed by atoms with Gasteiger partial charge in [-0.15, -0.1) is 24.0 Å². The Bertz CT molecular complexity index is 494. The van der Waals surface area contributed by atoms with Crippen LogP contribution in [0, 0.1) is 0 Å². The van der Waals surface area contributed by atoms with Crippen molar-refractivity contribution < 1.29 is 4.74 Å². The van der Waals surface area contributed by atoms with Gasteiger partial charge in [-0.3, -0.25) is 4.99 Å². The predicted octanol–water partition coefficient (Wildman–Crippen LogP) is 3.15. The van der Waals surface area contributed by atoms with Crippen molar-refractivity contribution in [2.45, 2.75) is 37.5 Å². The van der Waals surface area contributed by atoms with Crippen molar-refractivity contribution in [1.82, 2.24) is 4.90 Å². The lowest BCUT2D eigenvalue weighted by molar-refractivity contribution is 0.0530. The minimum Gasteiger partial charge on any atom is -0.381 e. The summed E-state index contributed by atoms with van der Waals surface area (Å²) in [6, 6.07) is 10.7. The molecule has 0 aromatic heterocycles. The number of halogens is 1. The lowest BCUT2D eigenvalue weighted by atomic mass is 9.74. The van der Waals surface area contributed by atoms with Gasteiger partial charge in [0.25, 0.3) is 0 Å². The molecule has 2 saturated heterocycles. The number of guanidine groups is 1. The average molecular weight is 429 g/mol. The Morgan fingerprint density at radius 1 is 1.09 bits per heavy atom. The molecule has 128 valence electrons. The quantitative estimate of drug-likeness (QED) is 0.456. The minimum absolute atomic E-state index is 0. The van der Waals surface area contributed by atoms with E-state index in [1.54, 1.807) is 0 Å². The molecule has 0 radical (unpaired) electrons. The zero-order valence-electron chi connectivity index (χ0n) is 13.7. The molecule has 0 amide bonds. The second-order valence-electron chi connectivity index (χ2n) is 6.48. The van der Waals surface area contributed by atoms with Gasteiger partial charge in [0.05, 0.1) is 6.54 Å². The SMILES string of the molecule is I.NC(=NCC1(c2ccccc2)CCOCC1)N1CCCCC1. The molecule has 5 heteroatoms. The van der Waals surface area contributed by atoms with Crippen molar-refractivity contribution >= 4 is 29.9 Å². The number of hydrogen-bond donors (Lipinski definition) is 1. The summed E-state index contributed by atoms with van der Waals surface area (Å²) in [5, 5.41) is 0. The van der Waals surface area contributed by atoms with Crippen molar-refractivity contribution in [3.8, 4) is 0 Å². The van der Waals surface area contributed by atoms with Gasteiger partial charge < -0.3 is 15.4 Å². The van der Waals surface area contributed by atoms with Crippen LogP contribution >= 0.6 is 24.0 Å². The average Bonchev–Trinajstić information content (AvgIpc) is 2.62. The highest BCUT2D eigenvalue weighted by Crippen LogP contribution is 2.35. The highest BCUT2D eigenvalue weighted by atomic mass is 127. The third kappa shape index (κ3) is 4.59. The van der Waals surface area contributed by atoms with Crippen LogP contribution in [0.4, 0.5) is 0 Å². The minimum atomic E-state index is 0. The van der Waals surface area contributed by atoms with Crippen molar-refractivity contribution in [2.24, 2.45) is 10.7 Å². The van der Waals surface area contributed by atoms with E-state index in [0.717, 1.165) is 51.6 Å². The number of nitrogens with two attached hydrogens (primary N) is 1. The monoisotopic (exact) mass is 429 g/mol. The van der Waals surface area contributed by atoms with Crippen molar-refractivity contribution in [3.63, 3.8) is 0 Å². The summed E-state index contributed by atoms with van der Waals surface area (Å²) < 4.78 is 5.58. The smallest absolute Gasteiger partial charge is 0.191 e. The maximum Gasteiger partial charge on any atom is 0.191 e. The molecule has 0 saturated carbocycles. The van der Waals surface area contributed by atoms with E-state index < -0.39 is 0 Å². The number of likely N-dealkylation sites (tertiary alicyclic amines) is 1. The van der Waals surface area contributed by atoms with Crippen LogP contribution < -0.4 is 5.73 Å². The van der Waals surface area contributed by atoms with Crippen LogP contribution in [0.15, 0.2) is 35.3 Å². The fourth-order valence-electron chi connectivity index (χ4n) is 3.55. The number of benzene rings is 1. The van der Waals surface area contributed by atoms with E-state index in [9.17, 15) is 0 Å². The first-order chi connectivity index (χ1) is 10.8. The number of rotatable bonds is 3. The number of nitrogens with zero attached hydrogens (tertiary/aromatic N) is 2. The van der Waals surface area contributed by atoms with E-state index in [0.29, 0.717) is 0 Å². The Morgan fingerprint density at radius 3 is 2.39 bits per heavy atom. The van der Waals surface area contributed by atoms with Gasteiger partial charge in [-0.25, -0.2) is 0 Å². The molecule has 2 aliphatic rings. The van der Waals surface area contributed by atoms with Crippen LogP contribution in [-0.2, 0) is 10.2 Å². The van der Waals surface area contributed by atoms with Gasteiger partial charge in [0.15, 0.2) is 5.96 Å². The van der Waals surface area contributed by atoms with Crippen LogP contribution in [0.3, 0.4) is 0 Å². The summed E-state index contributed by atoms with van der Waals surface area (Å²) in [5.41, 5.74) is 7.70. The molecule has 0 unspecified atom stereocenters. The summed E-state index contributed by atoms with van der Waals surface area (Å²) in [6.07, 6.45) is 5.82. The first-order valence-corrected chi connectivity index (χ1v) is 8.48. The molecule has 1 aromatic carbocycles. The molecule has 0 bridgehead atoms. The van der Waals surface area contributed by atoms with Crippen molar-refractivity contribution in [1.29, 1.82) is 0 Å². The van der Waals surface area contributed by atoms with Crippen LogP contribution in [0.1, 0.15) is 37.7 Å². The number of aliphatic imine (C=N–C) groups is 1. The number of piperidine rings is 1. The fraction of sp³-hybridized carbons (Fsp3) is 0.611. The van der Waals surface area contributed by atoms with Gasteiger partial charge >= 0.3 is 0 Å². The van der Waals surface area contributed by atoms with E-state index >= 15 is 0 Å². The topological polar surface area (TPSA) is 50.9 Å². The van der Waals surface area contributed by atoms with Gasteiger partial charge in [-0.1, -0.05) is 30.3 Å². The van der Waals surface area contributed by atoms with Gasteiger partial charge in [0.1, 0.15) is 0 Å². The summed E-state index contributed by atoms with van der Waals surface area (Å²) in [7, 11) is 0. The summed E-state index contributed by atoms with van der Waals surface area (Å²) in [6.45, 7) is 4.50. The standard InChI is InChI=1S/C18H27N3O.HI/c19-17(21-11-5-2-6-12-21)20-15-18(9-13-22-14-10-18)16-7-3-1-4-8-16;/h1,3-4,7-8H,2,5-6,9-15H2,(H2,19,20);1H. The predicted molar refractivity (Wildman–Crippen MR) is 106 cm³/mol. The molecule has 2 N–H and O–H groups in total. The van der Waals surface area contributed by atoms with Gasteiger partial charge in [0, 0.05) is 31.7 Å². The molecule has 0 atom stereocenters. The molecule has 23 heavy (non-hydrogen) atoms. The van der Waals surface area contributed by atoms with Gasteiger partial charge in [0.2, 0.25) is 0 Å². The molecule has 2 heterocycles. The van der Waals surface area contributed by atoms with E-state index in [1.807, 2.05) is 0 Å². The Labute approximate surface area is 156 Å². The molecule has 0 spiro atoms. The van der Waals surface area contributed by atoms with Gasteiger partial charge in [-0.2, -0.15) is 0 Å². The Morgan fingerprint density at radius 2 is 1.74 bits per heavy atom. The second kappa shape index (κ2) is 8.87. The molecule has 2 fully saturated rings. The van der Waals surface area contributed by atoms with Gasteiger partial charge in [-0.05, 0) is 37.7 Å². The molecular formula is C18H28IN3O. The zero-order valence-corrected chi connectivity index (χ0v) is 16.1. The van der Waals surface area contributed by atoms with E-state index in [2.05, 4.69) is 35.2 Å². The molecule has 4 nitrogen and oxygen atoms in total.